The van der Waals surface area contributed by atoms with E-state index in [0.29, 0.717) is 17.8 Å². The van der Waals surface area contributed by atoms with Crippen LogP contribution in [0, 0.1) is 0 Å². The Balaban J connectivity index is 2.44. The van der Waals surface area contributed by atoms with Crippen LogP contribution in [0.4, 0.5) is 5.95 Å². The summed E-state index contributed by atoms with van der Waals surface area (Å²) in [5, 5.41) is 7.12. The molecule has 102 valence electrons. The Morgan fingerprint density at radius 2 is 2.11 bits per heavy atom. The topological polar surface area (TPSA) is 77.8 Å². The summed E-state index contributed by atoms with van der Waals surface area (Å²) in [6, 6.07) is 2.19. The minimum absolute atomic E-state index is 0.0102. The molecular formula is C12H18N6O. The number of nitrogens with one attached hydrogen (secondary N) is 1. The van der Waals surface area contributed by atoms with Gasteiger partial charge < -0.3 is 10.1 Å². The highest BCUT2D eigenvalue weighted by atomic mass is 16.5. The molecule has 0 radical (unpaired) electrons. The highest BCUT2D eigenvalue weighted by Gasteiger charge is 2.13. The van der Waals surface area contributed by atoms with Crippen molar-refractivity contribution in [3.05, 3.63) is 12.3 Å². The molecule has 0 aliphatic heterocycles. The standard InChI is InChI=1S/C12H18N6O/c1-5-18-9(6-7-14-18)10-15-11(13-4)17-12(16-10)19-8(2)3/h6-8H,5H2,1-4H3,(H,13,15,16,17). The van der Waals surface area contributed by atoms with Gasteiger partial charge in [0.2, 0.25) is 5.95 Å². The minimum Gasteiger partial charge on any atom is -0.461 e. The first-order valence-electron chi connectivity index (χ1n) is 6.26. The fraction of sp³-hybridized carbons (Fsp3) is 0.500. The molecule has 0 fully saturated rings. The van der Waals surface area contributed by atoms with Crippen LogP contribution in [0.3, 0.4) is 0 Å². The summed E-state index contributed by atoms with van der Waals surface area (Å²) in [4.78, 5) is 12.8. The van der Waals surface area contributed by atoms with Gasteiger partial charge in [-0.1, -0.05) is 0 Å². The van der Waals surface area contributed by atoms with Crippen molar-refractivity contribution in [3.63, 3.8) is 0 Å². The number of ether oxygens (including phenoxy) is 1. The van der Waals surface area contributed by atoms with Crippen LogP contribution in [0.1, 0.15) is 20.8 Å². The first-order chi connectivity index (χ1) is 9.13. The van der Waals surface area contributed by atoms with Crippen molar-refractivity contribution >= 4 is 5.95 Å². The molecule has 0 aliphatic carbocycles. The number of rotatable bonds is 5. The first kappa shape index (κ1) is 13.3. The molecule has 0 amide bonds. The summed E-state index contributed by atoms with van der Waals surface area (Å²) in [5.41, 5.74) is 0.843. The molecule has 0 aromatic carbocycles. The van der Waals surface area contributed by atoms with Crippen molar-refractivity contribution in [2.75, 3.05) is 12.4 Å². The van der Waals surface area contributed by atoms with Crippen molar-refractivity contribution < 1.29 is 4.74 Å². The van der Waals surface area contributed by atoms with Gasteiger partial charge in [-0.05, 0) is 26.8 Å². The molecule has 2 aromatic rings. The molecule has 19 heavy (non-hydrogen) atoms. The van der Waals surface area contributed by atoms with Crippen molar-refractivity contribution in [2.24, 2.45) is 0 Å². The molecule has 0 unspecified atom stereocenters. The van der Waals surface area contributed by atoms with E-state index >= 15 is 0 Å². The molecule has 2 heterocycles. The first-order valence-corrected chi connectivity index (χ1v) is 6.26. The van der Waals surface area contributed by atoms with Gasteiger partial charge in [0.1, 0.15) is 5.69 Å². The van der Waals surface area contributed by atoms with Crippen LogP contribution in [0.15, 0.2) is 12.3 Å². The summed E-state index contributed by atoms with van der Waals surface area (Å²) >= 11 is 0. The lowest BCUT2D eigenvalue weighted by Gasteiger charge is -2.10. The van der Waals surface area contributed by atoms with E-state index in [-0.39, 0.29) is 6.10 Å². The lowest BCUT2D eigenvalue weighted by Crippen LogP contribution is -2.12. The Labute approximate surface area is 112 Å². The van der Waals surface area contributed by atoms with Crippen LogP contribution in [0.25, 0.3) is 11.5 Å². The van der Waals surface area contributed by atoms with Crippen LogP contribution >= 0.6 is 0 Å². The lowest BCUT2D eigenvalue weighted by molar-refractivity contribution is 0.222. The maximum absolute atomic E-state index is 5.54. The molecule has 1 N–H and O–H groups in total. The van der Waals surface area contributed by atoms with Gasteiger partial charge in [0.05, 0.1) is 6.10 Å². The number of nitrogens with zero attached hydrogens (tertiary/aromatic N) is 5. The van der Waals surface area contributed by atoms with Crippen LogP contribution in [-0.4, -0.2) is 37.9 Å². The molecule has 2 aromatic heterocycles. The Morgan fingerprint density at radius 1 is 1.32 bits per heavy atom. The Hall–Kier alpha value is -2.18. The highest BCUT2D eigenvalue weighted by Crippen LogP contribution is 2.18. The molecule has 0 bridgehead atoms. The third-order valence-corrected chi connectivity index (χ3v) is 2.42. The fourth-order valence-electron chi connectivity index (χ4n) is 1.62. The zero-order valence-corrected chi connectivity index (χ0v) is 11.6. The molecule has 0 saturated carbocycles. The molecule has 0 saturated heterocycles. The number of hydrogen-bond acceptors (Lipinski definition) is 6. The predicted molar refractivity (Wildman–Crippen MR) is 72.0 cm³/mol. The molecule has 7 nitrogen and oxygen atoms in total. The van der Waals surface area contributed by atoms with Crippen LogP contribution in [0.2, 0.25) is 0 Å². The van der Waals surface area contributed by atoms with Gasteiger partial charge in [-0.25, -0.2) is 0 Å². The van der Waals surface area contributed by atoms with Gasteiger partial charge in [-0.3, -0.25) is 4.68 Å². The molecule has 0 spiro atoms. The number of hydrogen-bond donors (Lipinski definition) is 1. The van der Waals surface area contributed by atoms with Gasteiger partial charge in [0, 0.05) is 19.8 Å². The van der Waals surface area contributed by atoms with Crippen molar-refractivity contribution in [3.8, 4) is 17.5 Å². The molecular weight excluding hydrogens is 244 g/mol. The zero-order chi connectivity index (χ0) is 13.8. The Morgan fingerprint density at radius 3 is 2.74 bits per heavy atom. The van der Waals surface area contributed by atoms with Crippen molar-refractivity contribution in [2.45, 2.75) is 33.4 Å². The van der Waals surface area contributed by atoms with E-state index < -0.39 is 0 Å². The minimum atomic E-state index is 0.0102. The van der Waals surface area contributed by atoms with E-state index in [1.165, 1.54) is 0 Å². The normalized spacial score (nSPS) is 10.8. The maximum atomic E-state index is 5.54. The third-order valence-electron chi connectivity index (χ3n) is 2.42. The quantitative estimate of drug-likeness (QED) is 0.881. The average Bonchev–Trinajstić information content (AvgIpc) is 2.85. The van der Waals surface area contributed by atoms with Gasteiger partial charge in [0.25, 0.3) is 0 Å². The van der Waals surface area contributed by atoms with E-state index in [1.807, 2.05) is 31.5 Å². The van der Waals surface area contributed by atoms with Gasteiger partial charge in [-0.2, -0.15) is 20.1 Å². The molecule has 7 heteroatoms. The molecule has 0 aliphatic rings. The Kier molecular flexibility index (Phi) is 3.94. The molecule has 0 atom stereocenters. The largest absolute Gasteiger partial charge is 0.461 e. The smallest absolute Gasteiger partial charge is 0.322 e. The lowest BCUT2D eigenvalue weighted by atomic mass is 10.4. The summed E-state index contributed by atoms with van der Waals surface area (Å²) in [7, 11) is 1.76. The number of aromatic nitrogens is 5. The number of anilines is 1. The summed E-state index contributed by atoms with van der Waals surface area (Å²) in [5.74, 6) is 1.03. The van der Waals surface area contributed by atoms with Crippen LogP contribution in [-0.2, 0) is 6.54 Å². The highest BCUT2D eigenvalue weighted by molar-refractivity contribution is 5.51. The van der Waals surface area contributed by atoms with E-state index in [0.717, 1.165) is 12.2 Å². The number of aryl methyl sites for hydroxylation is 1. The summed E-state index contributed by atoms with van der Waals surface area (Å²) in [6.45, 7) is 6.63. The van der Waals surface area contributed by atoms with Crippen molar-refractivity contribution in [1.82, 2.24) is 24.7 Å². The predicted octanol–water partition coefficient (Wildman–Crippen LogP) is 1.58. The maximum Gasteiger partial charge on any atom is 0.322 e. The van der Waals surface area contributed by atoms with Crippen LogP contribution < -0.4 is 10.1 Å². The Bertz CT molecular complexity index is 551. The SMILES string of the molecule is CCn1nccc1-c1nc(NC)nc(OC(C)C)n1. The second kappa shape index (κ2) is 5.64. The third kappa shape index (κ3) is 2.98. The van der Waals surface area contributed by atoms with Crippen molar-refractivity contribution in [1.29, 1.82) is 0 Å². The van der Waals surface area contributed by atoms with E-state index in [4.69, 9.17) is 4.74 Å². The second-order valence-electron chi connectivity index (χ2n) is 4.21. The van der Waals surface area contributed by atoms with E-state index in [1.54, 1.807) is 13.2 Å². The fourth-order valence-corrected chi connectivity index (χ4v) is 1.62. The van der Waals surface area contributed by atoms with Crippen LogP contribution in [0.5, 0.6) is 6.01 Å². The average molecular weight is 262 g/mol. The second-order valence-corrected chi connectivity index (χ2v) is 4.21. The van der Waals surface area contributed by atoms with E-state index in [9.17, 15) is 0 Å². The van der Waals surface area contributed by atoms with E-state index in [2.05, 4.69) is 25.4 Å². The zero-order valence-electron chi connectivity index (χ0n) is 11.6. The summed E-state index contributed by atoms with van der Waals surface area (Å²) < 4.78 is 7.36. The molecule has 2 rings (SSSR count). The summed E-state index contributed by atoms with van der Waals surface area (Å²) in [6.07, 6.45) is 1.74. The monoisotopic (exact) mass is 262 g/mol. The van der Waals surface area contributed by atoms with Gasteiger partial charge in [-0.15, -0.1) is 0 Å². The van der Waals surface area contributed by atoms with Gasteiger partial charge >= 0.3 is 6.01 Å². The van der Waals surface area contributed by atoms with Gasteiger partial charge in [0.15, 0.2) is 5.82 Å².